The summed E-state index contributed by atoms with van der Waals surface area (Å²) in [7, 11) is 13.2. The molecular formula is C78H68N6O8. The highest BCUT2D eigenvalue weighted by molar-refractivity contribution is 6.16. The van der Waals surface area contributed by atoms with Gasteiger partial charge in [0.05, 0.1) is 79.7 Å². The van der Waals surface area contributed by atoms with Crippen LogP contribution >= 0.6 is 0 Å². The Hall–Kier alpha value is -11.4. The molecule has 0 aromatic heterocycles. The van der Waals surface area contributed by atoms with Gasteiger partial charge in [-0.05, 0) is 218 Å². The fraction of sp³-hybridized carbons (Fsp3) is 0.154. The van der Waals surface area contributed by atoms with Gasteiger partial charge in [-0.1, -0.05) is 48.5 Å². The van der Waals surface area contributed by atoms with Gasteiger partial charge < -0.3 is 47.7 Å². The number of ether oxygens (including phenoxy) is 8. The molecule has 4 aliphatic carbocycles. The molecule has 6 aliphatic rings. The molecule has 0 saturated carbocycles. The van der Waals surface area contributed by atoms with Crippen molar-refractivity contribution in [2.75, 3.05) is 66.7 Å². The lowest BCUT2D eigenvalue weighted by Gasteiger charge is -2.26. The molecule has 92 heavy (non-hydrogen) atoms. The van der Waals surface area contributed by atoms with E-state index in [0.717, 1.165) is 126 Å². The number of aliphatic imine (C=N–C) groups is 2. The van der Waals surface area contributed by atoms with Crippen LogP contribution in [-0.4, -0.2) is 68.5 Å². The van der Waals surface area contributed by atoms with Crippen molar-refractivity contribution in [3.63, 3.8) is 0 Å². The number of amidine groups is 2. The molecule has 14 nitrogen and oxygen atoms in total. The first-order valence-electron chi connectivity index (χ1n) is 30.3. The van der Waals surface area contributed by atoms with E-state index in [4.69, 9.17) is 58.5 Å². The summed E-state index contributed by atoms with van der Waals surface area (Å²) in [6, 6.07) is 74.7. The molecule has 0 saturated heterocycles. The van der Waals surface area contributed by atoms with E-state index in [1.807, 2.05) is 84.9 Å². The van der Waals surface area contributed by atoms with Crippen LogP contribution in [0.1, 0.15) is 55.6 Å². The summed E-state index contributed by atoms with van der Waals surface area (Å²) in [6.45, 7) is 0. The van der Waals surface area contributed by atoms with Crippen LogP contribution in [-0.2, 0) is 25.7 Å². The fourth-order valence-corrected chi connectivity index (χ4v) is 12.0. The van der Waals surface area contributed by atoms with Crippen LogP contribution in [0.5, 0.6) is 46.0 Å². The summed E-state index contributed by atoms with van der Waals surface area (Å²) in [5.41, 5.74) is 18.8. The Labute approximate surface area is 536 Å². The van der Waals surface area contributed by atoms with Gasteiger partial charge in [-0.3, -0.25) is 0 Å². The van der Waals surface area contributed by atoms with Crippen molar-refractivity contribution in [2.45, 2.75) is 25.7 Å². The third-order valence-electron chi connectivity index (χ3n) is 17.0. The molecule has 16 rings (SSSR count). The van der Waals surface area contributed by atoms with E-state index in [1.165, 1.54) is 11.1 Å². The highest BCUT2D eigenvalue weighted by Crippen LogP contribution is 2.44. The molecule has 14 heteroatoms. The molecule has 10 aromatic carbocycles. The Balaban J connectivity index is 0.874. The maximum absolute atomic E-state index is 5.80. The number of aryl methyl sites for hydroxylation is 4. The highest BCUT2D eigenvalue weighted by Gasteiger charge is 2.30. The van der Waals surface area contributed by atoms with E-state index in [-0.39, 0.29) is 0 Å². The smallest absolute Gasteiger partial charge is 0.161 e. The average Bonchev–Trinajstić information content (AvgIpc) is 1.66. The van der Waals surface area contributed by atoms with Crippen LogP contribution in [0.25, 0.3) is 22.8 Å². The van der Waals surface area contributed by atoms with Crippen molar-refractivity contribution in [1.82, 2.24) is 10.6 Å². The second kappa shape index (κ2) is 26.4. The van der Waals surface area contributed by atoms with Gasteiger partial charge in [0, 0.05) is 67.5 Å². The minimum atomic E-state index is 0.589. The molecule has 4 bridgehead atoms. The quantitative estimate of drug-likeness (QED) is 0.0726. The number of methoxy groups -OCH3 is 8. The summed E-state index contributed by atoms with van der Waals surface area (Å²) < 4.78 is 45.2. The Kier molecular flexibility index (Phi) is 17.1. The Morgan fingerprint density at radius 2 is 0.554 bits per heavy atom. The van der Waals surface area contributed by atoms with Crippen molar-refractivity contribution in [1.29, 1.82) is 0 Å². The SMILES string of the molecule is COc1ccc(N(c2ccc(OC)cc2)c2ccc(C3=C(c4ccc(N(c5ccc(OC)cc5)c5ccc(OC)cc5)cc4)N=C(c4cc5ccc4CCc4ccc(cc4C4=NC(c6ccc(OC)c(OC)c6)=C(c6ccc(OC)c(OC)c6)[N]4)CC5)[N]3)cc2)cc1. The zero-order chi connectivity index (χ0) is 63.2. The van der Waals surface area contributed by atoms with Crippen LogP contribution in [0.4, 0.5) is 34.1 Å². The Morgan fingerprint density at radius 1 is 0.261 bits per heavy atom. The third kappa shape index (κ3) is 12.0. The van der Waals surface area contributed by atoms with Gasteiger partial charge in [0.25, 0.3) is 0 Å². The van der Waals surface area contributed by atoms with Crippen LogP contribution in [0.15, 0.2) is 228 Å². The lowest BCUT2D eigenvalue weighted by Crippen LogP contribution is -2.17. The van der Waals surface area contributed by atoms with Crippen molar-refractivity contribution in [2.24, 2.45) is 9.98 Å². The summed E-state index contributed by atoms with van der Waals surface area (Å²) in [5.74, 6) is 6.79. The van der Waals surface area contributed by atoms with Crippen LogP contribution in [0.2, 0.25) is 0 Å². The molecule has 0 spiro atoms. The lowest BCUT2D eigenvalue weighted by molar-refractivity contribution is 0.355. The van der Waals surface area contributed by atoms with E-state index in [1.54, 1.807) is 56.9 Å². The number of rotatable bonds is 20. The van der Waals surface area contributed by atoms with Crippen LogP contribution in [0.3, 0.4) is 0 Å². The molecule has 458 valence electrons. The summed E-state index contributed by atoms with van der Waals surface area (Å²) in [6.07, 6.45) is 2.94. The van der Waals surface area contributed by atoms with Gasteiger partial charge >= 0.3 is 0 Å². The van der Waals surface area contributed by atoms with E-state index in [2.05, 4.69) is 143 Å². The predicted molar refractivity (Wildman–Crippen MR) is 366 cm³/mol. The molecule has 0 atom stereocenters. The topological polar surface area (TPSA) is 133 Å². The molecular weight excluding hydrogens is 1150 g/mol. The normalized spacial score (nSPS) is 13.3. The van der Waals surface area contributed by atoms with Gasteiger partial charge in [0.2, 0.25) is 0 Å². The second-order valence-corrected chi connectivity index (χ2v) is 22.2. The average molecular weight is 1220 g/mol. The fourth-order valence-electron chi connectivity index (χ4n) is 12.0. The number of hydrogen-bond acceptors (Lipinski definition) is 12. The van der Waals surface area contributed by atoms with Crippen molar-refractivity contribution in [3.05, 3.63) is 274 Å². The third-order valence-corrected chi connectivity index (χ3v) is 17.0. The molecule has 10 aromatic rings. The predicted octanol–water partition coefficient (Wildman–Crippen LogP) is 16.4. The molecule has 0 unspecified atom stereocenters. The van der Waals surface area contributed by atoms with Crippen molar-refractivity contribution >= 4 is 68.6 Å². The largest absolute Gasteiger partial charge is 0.497 e. The van der Waals surface area contributed by atoms with Crippen molar-refractivity contribution in [3.8, 4) is 46.0 Å². The van der Waals surface area contributed by atoms with Gasteiger partial charge in [-0.15, -0.1) is 0 Å². The zero-order valence-corrected chi connectivity index (χ0v) is 52.6. The molecule has 0 amide bonds. The highest BCUT2D eigenvalue weighted by atomic mass is 16.5. The Bertz CT molecular complexity index is 4370. The monoisotopic (exact) mass is 1220 g/mol. The zero-order valence-electron chi connectivity index (χ0n) is 52.6. The molecule has 2 radical (unpaired) electrons. The summed E-state index contributed by atoms with van der Waals surface area (Å²) in [5, 5.41) is 11.0. The van der Waals surface area contributed by atoms with E-state index >= 15 is 0 Å². The Morgan fingerprint density at radius 3 is 0.891 bits per heavy atom. The van der Waals surface area contributed by atoms with E-state index in [0.29, 0.717) is 58.9 Å². The minimum Gasteiger partial charge on any atom is -0.497 e. The first-order valence-corrected chi connectivity index (χ1v) is 30.3. The lowest BCUT2D eigenvalue weighted by atomic mass is 9.90. The van der Waals surface area contributed by atoms with Gasteiger partial charge in [0.1, 0.15) is 23.0 Å². The van der Waals surface area contributed by atoms with Gasteiger partial charge in [-0.2, -0.15) is 0 Å². The van der Waals surface area contributed by atoms with E-state index in [9.17, 15) is 0 Å². The molecule has 2 heterocycles. The maximum atomic E-state index is 5.80. The number of nitrogens with zero attached hydrogens (tertiary/aromatic N) is 6. The molecule has 0 N–H and O–H groups in total. The number of hydrogen-bond donors (Lipinski definition) is 0. The first-order chi connectivity index (χ1) is 45.2. The van der Waals surface area contributed by atoms with E-state index < -0.39 is 0 Å². The van der Waals surface area contributed by atoms with Crippen LogP contribution in [0, 0.1) is 0 Å². The first kappa shape index (κ1) is 59.6. The summed E-state index contributed by atoms with van der Waals surface area (Å²) >= 11 is 0. The van der Waals surface area contributed by atoms with Crippen molar-refractivity contribution < 1.29 is 37.9 Å². The molecule has 2 aliphatic heterocycles. The van der Waals surface area contributed by atoms with Gasteiger partial charge in [0.15, 0.2) is 34.7 Å². The van der Waals surface area contributed by atoms with Gasteiger partial charge in [-0.25, -0.2) is 20.6 Å². The summed E-state index contributed by atoms with van der Waals surface area (Å²) in [4.78, 5) is 15.4. The van der Waals surface area contributed by atoms with Crippen LogP contribution < -0.4 is 58.3 Å². The number of anilines is 6. The number of benzene rings is 10. The standard InChI is InChI=1S/C78H68N6O8/c1-85-63-35-27-59(28-36-63)83(60-29-37-64(86-2)38-30-60)57-23-17-53(18-24-57)73-74(54-19-25-58(26-20-54)84(61-31-39-65(87-3)40-32-61)62-33-41-66(88-4)42-34-62)80-77(79-73)67-45-49-9-10-50-12-14-52(16-15-51(67)13-11-49)68(46-50)78-81-75(55-21-43-69(89-5)71(47-55)91-7)76(82-78)56-22-44-70(90-6)72(48-56)92-8/h11-14,17-48H,9-10,15-16H2,1-8H3. The molecule has 0 fully saturated rings. The maximum Gasteiger partial charge on any atom is 0.161 e. The minimum absolute atomic E-state index is 0.589. The second-order valence-electron chi connectivity index (χ2n) is 22.2.